The average Bonchev–Trinajstić information content (AvgIpc) is 3.24. The van der Waals surface area contributed by atoms with Crippen LogP contribution in [0, 0.1) is 0 Å². The van der Waals surface area contributed by atoms with Crippen molar-refractivity contribution in [1.82, 2.24) is 15.6 Å². The minimum absolute atomic E-state index is 0.165. The van der Waals surface area contributed by atoms with Crippen molar-refractivity contribution in [3.8, 4) is 0 Å². The quantitative estimate of drug-likeness (QED) is 0.676. The summed E-state index contributed by atoms with van der Waals surface area (Å²) in [6.45, 7) is 1.86. The van der Waals surface area contributed by atoms with Crippen LogP contribution in [0.25, 0.3) is 0 Å². The van der Waals surface area contributed by atoms with Crippen molar-refractivity contribution in [1.29, 1.82) is 0 Å². The van der Waals surface area contributed by atoms with E-state index in [9.17, 15) is 9.59 Å². The zero-order valence-electron chi connectivity index (χ0n) is 15.0. The molecule has 6 heteroatoms. The Balaban J connectivity index is 1.73. The second-order valence-electron chi connectivity index (χ2n) is 6.18. The summed E-state index contributed by atoms with van der Waals surface area (Å²) in [5.41, 5.74) is 1.70. The molecule has 0 fully saturated rings. The van der Waals surface area contributed by atoms with Crippen LogP contribution in [0.3, 0.4) is 0 Å². The van der Waals surface area contributed by atoms with Crippen LogP contribution in [0.1, 0.15) is 34.8 Å². The molecule has 2 atom stereocenters. The number of hydrogen-bond acceptors (Lipinski definition) is 4. The molecule has 3 aromatic rings. The van der Waals surface area contributed by atoms with Gasteiger partial charge in [-0.15, -0.1) is 0 Å². The Labute approximate surface area is 157 Å². The lowest BCUT2D eigenvalue weighted by molar-refractivity contribution is -0.123. The van der Waals surface area contributed by atoms with Gasteiger partial charge in [-0.05, 0) is 36.8 Å². The summed E-state index contributed by atoms with van der Waals surface area (Å²) in [6, 6.07) is 17.2. The third-order valence-corrected chi connectivity index (χ3v) is 4.14. The molecule has 2 unspecified atom stereocenters. The van der Waals surface area contributed by atoms with Crippen molar-refractivity contribution >= 4 is 11.8 Å². The number of pyridine rings is 1. The van der Waals surface area contributed by atoms with E-state index in [-0.39, 0.29) is 17.7 Å². The van der Waals surface area contributed by atoms with Gasteiger partial charge in [0.1, 0.15) is 6.04 Å². The zero-order valence-corrected chi connectivity index (χ0v) is 15.0. The first kappa shape index (κ1) is 18.4. The number of nitrogens with zero attached hydrogens (tertiary/aromatic N) is 1. The molecule has 6 nitrogen and oxygen atoms in total. The smallest absolute Gasteiger partial charge is 0.287 e. The van der Waals surface area contributed by atoms with Gasteiger partial charge < -0.3 is 15.1 Å². The molecular formula is C21H21N3O3. The molecule has 138 valence electrons. The summed E-state index contributed by atoms with van der Waals surface area (Å²) < 4.78 is 5.12. The number of amides is 2. The van der Waals surface area contributed by atoms with E-state index >= 15 is 0 Å². The van der Waals surface area contributed by atoms with Gasteiger partial charge in [-0.2, -0.15) is 0 Å². The molecule has 0 aliphatic carbocycles. The van der Waals surface area contributed by atoms with Gasteiger partial charge >= 0.3 is 0 Å². The zero-order chi connectivity index (χ0) is 19.1. The maximum absolute atomic E-state index is 12.9. The van der Waals surface area contributed by atoms with Crippen LogP contribution in [-0.2, 0) is 11.2 Å². The Bertz CT molecular complexity index is 864. The van der Waals surface area contributed by atoms with Crippen molar-refractivity contribution < 1.29 is 14.0 Å². The molecule has 1 aromatic carbocycles. The molecule has 2 aromatic heterocycles. The van der Waals surface area contributed by atoms with E-state index in [0.29, 0.717) is 6.42 Å². The molecule has 0 aliphatic rings. The Kier molecular flexibility index (Phi) is 5.99. The van der Waals surface area contributed by atoms with E-state index in [2.05, 4.69) is 15.6 Å². The standard InChI is InChI=1S/C21H21N3O3/c1-15(17-10-5-6-12-22-17)23-20(25)18(14-16-8-3-2-4-9-16)24-21(26)19-11-7-13-27-19/h2-13,15,18H,14H2,1H3,(H,23,25)(H,24,26). The van der Waals surface area contributed by atoms with Gasteiger partial charge in [0.15, 0.2) is 5.76 Å². The lowest BCUT2D eigenvalue weighted by Crippen LogP contribution is -2.48. The van der Waals surface area contributed by atoms with E-state index < -0.39 is 11.9 Å². The first-order valence-electron chi connectivity index (χ1n) is 8.73. The number of carbonyl (C=O) groups excluding carboxylic acids is 2. The number of furan rings is 1. The molecule has 0 aliphatic heterocycles. The van der Waals surface area contributed by atoms with Crippen molar-refractivity contribution in [2.75, 3.05) is 0 Å². The lowest BCUT2D eigenvalue weighted by atomic mass is 10.0. The van der Waals surface area contributed by atoms with Gasteiger partial charge in [-0.1, -0.05) is 36.4 Å². The van der Waals surface area contributed by atoms with Gasteiger partial charge in [0.05, 0.1) is 18.0 Å². The van der Waals surface area contributed by atoms with Crippen LogP contribution in [0.4, 0.5) is 0 Å². The Morgan fingerprint density at radius 2 is 1.78 bits per heavy atom. The summed E-state index contributed by atoms with van der Waals surface area (Å²) in [7, 11) is 0. The van der Waals surface area contributed by atoms with Gasteiger partial charge in [-0.25, -0.2) is 0 Å². The SMILES string of the molecule is CC(NC(=O)C(Cc1ccccc1)NC(=O)c1ccco1)c1ccccn1. The predicted molar refractivity (Wildman–Crippen MR) is 101 cm³/mol. The molecule has 0 radical (unpaired) electrons. The van der Waals surface area contributed by atoms with Crippen molar-refractivity contribution in [3.63, 3.8) is 0 Å². The number of hydrogen-bond donors (Lipinski definition) is 2. The second-order valence-corrected chi connectivity index (χ2v) is 6.18. The summed E-state index contributed by atoms with van der Waals surface area (Å²) in [4.78, 5) is 29.5. The third kappa shape index (κ3) is 5.04. The highest BCUT2D eigenvalue weighted by Crippen LogP contribution is 2.11. The van der Waals surface area contributed by atoms with Crippen LogP contribution in [0.15, 0.2) is 77.5 Å². The van der Waals surface area contributed by atoms with Crippen LogP contribution in [0.5, 0.6) is 0 Å². The average molecular weight is 363 g/mol. The predicted octanol–water partition coefficient (Wildman–Crippen LogP) is 2.89. The second kappa shape index (κ2) is 8.80. The molecule has 2 heterocycles. The molecule has 3 rings (SSSR count). The maximum atomic E-state index is 12.9. The van der Waals surface area contributed by atoms with Crippen LogP contribution in [-0.4, -0.2) is 22.8 Å². The van der Waals surface area contributed by atoms with Gasteiger partial charge in [0, 0.05) is 12.6 Å². The first-order chi connectivity index (χ1) is 13.1. The fraction of sp³-hybridized carbons (Fsp3) is 0.190. The van der Waals surface area contributed by atoms with E-state index in [4.69, 9.17) is 4.42 Å². The topological polar surface area (TPSA) is 84.2 Å². The summed E-state index contributed by atoms with van der Waals surface area (Å²) in [6.07, 6.45) is 3.47. The molecule has 2 N–H and O–H groups in total. The van der Waals surface area contributed by atoms with Crippen molar-refractivity contribution in [2.24, 2.45) is 0 Å². The largest absolute Gasteiger partial charge is 0.459 e. The number of carbonyl (C=O) groups is 2. The number of aromatic nitrogens is 1. The van der Waals surface area contributed by atoms with Gasteiger partial charge in [0.2, 0.25) is 5.91 Å². The van der Waals surface area contributed by atoms with Crippen LogP contribution < -0.4 is 10.6 Å². The minimum Gasteiger partial charge on any atom is -0.459 e. The molecule has 0 spiro atoms. The third-order valence-electron chi connectivity index (χ3n) is 4.14. The number of nitrogens with one attached hydrogen (secondary N) is 2. The Morgan fingerprint density at radius 1 is 1.00 bits per heavy atom. The Morgan fingerprint density at radius 3 is 2.44 bits per heavy atom. The molecule has 0 saturated carbocycles. The normalized spacial score (nSPS) is 12.8. The highest BCUT2D eigenvalue weighted by Gasteiger charge is 2.24. The van der Waals surface area contributed by atoms with E-state index in [1.807, 2.05) is 55.5 Å². The summed E-state index contributed by atoms with van der Waals surface area (Å²) in [5.74, 6) is -0.544. The number of benzene rings is 1. The van der Waals surface area contributed by atoms with Crippen molar-refractivity contribution in [3.05, 3.63) is 90.1 Å². The van der Waals surface area contributed by atoms with Gasteiger partial charge in [-0.3, -0.25) is 14.6 Å². The fourth-order valence-electron chi connectivity index (χ4n) is 2.72. The molecular weight excluding hydrogens is 342 g/mol. The van der Waals surface area contributed by atoms with Crippen LogP contribution in [0.2, 0.25) is 0 Å². The number of rotatable bonds is 7. The molecule has 0 saturated heterocycles. The van der Waals surface area contributed by atoms with Gasteiger partial charge in [0.25, 0.3) is 5.91 Å². The highest BCUT2D eigenvalue weighted by atomic mass is 16.3. The highest BCUT2D eigenvalue weighted by molar-refractivity contribution is 5.95. The van der Waals surface area contributed by atoms with Crippen LogP contribution >= 0.6 is 0 Å². The molecule has 2 amide bonds. The summed E-state index contributed by atoms with van der Waals surface area (Å²) >= 11 is 0. The monoisotopic (exact) mass is 363 g/mol. The molecule has 27 heavy (non-hydrogen) atoms. The van der Waals surface area contributed by atoms with Crippen molar-refractivity contribution in [2.45, 2.75) is 25.4 Å². The first-order valence-corrected chi connectivity index (χ1v) is 8.73. The van der Waals surface area contributed by atoms with E-state index in [1.54, 1.807) is 18.3 Å². The van der Waals surface area contributed by atoms with E-state index in [1.165, 1.54) is 6.26 Å². The maximum Gasteiger partial charge on any atom is 0.287 e. The van der Waals surface area contributed by atoms with E-state index in [0.717, 1.165) is 11.3 Å². The molecule has 0 bridgehead atoms. The minimum atomic E-state index is -0.740. The summed E-state index contributed by atoms with van der Waals surface area (Å²) in [5, 5.41) is 5.68. The lowest BCUT2D eigenvalue weighted by Gasteiger charge is -2.21. The Hall–Kier alpha value is -3.41. The fourth-order valence-corrected chi connectivity index (χ4v) is 2.72.